The summed E-state index contributed by atoms with van der Waals surface area (Å²) in [5, 5.41) is 0. The second-order valence-electron chi connectivity index (χ2n) is 5.20. The van der Waals surface area contributed by atoms with Crippen LogP contribution in [0.5, 0.6) is 0 Å². The van der Waals surface area contributed by atoms with E-state index >= 15 is 0 Å². The Kier molecular flexibility index (Phi) is 3.98. The fourth-order valence-corrected chi connectivity index (χ4v) is 1.89. The van der Waals surface area contributed by atoms with Crippen LogP contribution in [0.1, 0.15) is 27.2 Å². The Morgan fingerprint density at radius 2 is 2.00 bits per heavy atom. The molecule has 2 N–H and O–H groups in total. The zero-order valence-corrected chi connectivity index (χ0v) is 11.2. The van der Waals surface area contributed by atoms with Crippen LogP contribution >= 0.6 is 0 Å². The highest BCUT2D eigenvalue weighted by Gasteiger charge is 2.30. The van der Waals surface area contributed by atoms with Gasteiger partial charge in [-0.15, -0.1) is 0 Å². The van der Waals surface area contributed by atoms with E-state index in [-0.39, 0.29) is 11.5 Å². The molecule has 0 aromatic carbocycles. The van der Waals surface area contributed by atoms with E-state index in [1.807, 2.05) is 6.08 Å². The fourth-order valence-electron chi connectivity index (χ4n) is 1.89. The average molecular weight is 239 g/mol. The highest BCUT2D eigenvalue weighted by Crippen LogP contribution is 2.35. The lowest BCUT2D eigenvalue weighted by molar-refractivity contribution is -0.136. The Morgan fingerprint density at radius 1 is 1.41 bits per heavy atom. The number of hydrogen-bond donors (Lipinski definition) is 1. The van der Waals surface area contributed by atoms with Crippen molar-refractivity contribution in [1.82, 2.24) is 0 Å². The summed E-state index contributed by atoms with van der Waals surface area (Å²) in [5.74, 6) is 0.101. The van der Waals surface area contributed by atoms with Gasteiger partial charge in [0.2, 0.25) is 0 Å². The van der Waals surface area contributed by atoms with Gasteiger partial charge in [0.25, 0.3) is 0 Å². The van der Waals surface area contributed by atoms with Crippen molar-refractivity contribution in [2.45, 2.75) is 33.2 Å². The van der Waals surface area contributed by atoms with E-state index in [1.54, 1.807) is 0 Å². The highest BCUT2D eigenvalue weighted by molar-refractivity contribution is 5.93. The molecule has 0 amide bonds. The van der Waals surface area contributed by atoms with E-state index in [2.05, 4.69) is 20.8 Å². The largest absolute Gasteiger partial charge is 0.499 e. The molecule has 1 aliphatic rings. The number of hydrogen-bond acceptors (Lipinski definition) is 4. The molecule has 0 aromatic rings. The van der Waals surface area contributed by atoms with Gasteiger partial charge in [-0.3, -0.25) is 0 Å². The van der Waals surface area contributed by atoms with Crippen LogP contribution in [0.15, 0.2) is 23.0 Å². The number of carbonyl (C=O) groups is 1. The van der Waals surface area contributed by atoms with Crippen molar-refractivity contribution in [3.63, 3.8) is 0 Å². The Labute approximate surface area is 102 Å². The molecule has 1 rings (SSSR count). The minimum absolute atomic E-state index is 0.0177. The van der Waals surface area contributed by atoms with Gasteiger partial charge in [0.05, 0.1) is 25.8 Å². The van der Waals surface area contributed by atoms with Crippen molar-refractivity contribution >= 4 is 5.97 Å². The molecular formula is C13H21NO3. The number of methoxy groups -OCH3 is 2. The molecule has 0 bridgehead atoms. The zero-order chi connectivity index (χ0) is 13.2. The molecule has 96 valence electrons. The van der Waals surface area contributed by atoms with Crippen LogP contribution in [0.4, 0.5) is 0 Å². The van der Waals surface area contributed by atoms with E-state index in [0.29, 0.717) is 17.8 Å². The molecule has 0 aromatic heterocycles. The second kappa shape index (κ2) is 4.92. The van der Waals surface area contributed by atoms with Gasteiger partial charge in [0.1, 0.15) is 5.76 Å². The second-order valence-corrected chi connectivity index (χ2v) is 5.20. The third-order valence-corrected chi connectivity index (χ3v) is 2.95. The molecule has 0 radical (unpaired) electrons. The van der Waals surface area contributed by atoms with Crippen LogP contribution in [-0.2, 0) is 14.3 Å². The highest BCUT2D eigenvalue weighted by atomic mass is 16.5. The van der Waals surface area contributed by atoms with Gasteiger partial charge in [-0.25, -0.2) is 4.79 Å². The number of esters is 1. The summed E-state index contributed by atoms with van der Waals surface area (Å²) in [6.45, 7) is 6.29. The topological polar surface area (TPSA) is 61.5 Å². The van der Waals surface area contributed by atoms with Crippen LogP contribution in [-0.4, -0.2) is 26.2 Å². The smallest absolute Gasteiger partial charge is 0.341 e. The average Bonchev–Trinajstić information content (AvgIpc) is 2.25. The molecule has 0 aliphatic heterocycles. The molecule has 0 spiro atoms. The third kappa shape index (κ3) is 2.88. The molecule has 17 heavy (non-hydrogen) atoms. The number of rotatable bonds is 2. The van der Waals surface area contributed by atoms with Gasteiger partial charge >= 0.3 is 5.97 Å². The SMILES string of the molecule is COC(=O)C1=C(OC)C(N)CC(C(C)(C)C)=C1. The molecule has 4 heteroatoms. The van der Waals surface area contributed by atoms with Crippen molar-refractivity contribution in [2.75, 3.05) is 14.2 Å². The summed E-state index contributed by atoms with van der Waals surface area (Å²) in [5.41, 5.74) is 7.57. The maximum absolute atomic E-state index is 11.7. The lowest BCUT2D eigenvalue weighted by Gasteiger charge is -2.30. The summed E-state index contributed by atoms with van der Waals surface area (Å²) >= 11 is 0. The molecule has 0 fully saturated rings. The lowest BCUT2D eigenvalue weighted by Crippen LogP contribution is -2.32. The van der Waals surface area contributed by atoms with E-state index in [1.165, 1.54) is 14.2 Å². The summed E-state index contributed by atoms with van der Waals surface area (Å²) < 4.78 is 9.96. The Balaban J connectivity index is 3.24. The van der Waals surface area contributed by atoms with Crippen LogP contribution in [0.3, 0.4) is 0 Å². The van der Waals surface area contributed by atoms with Gasteiger partial charge in [0, 0.05) is 0 Å². The maximum atomic E-state index is 11.7. The normalized spacial score (nSPS) is 21.1. The molecule has 1 atom stereocenters. The molecule has 1 aliphatic carbocycles. The third-order valence-electron chi connectivity index (χ3n) is 2.95. The zero-order valence-electron chi connectivity index (χ0n) is 11.2. The van der Waals surface area contributed by atoms with Crippen LogP contribution in [0.25, 0.3) is 0 Å². The Hall–Kier alpha value is -1.29. The van der Waals surface area contributed by atoms with E-state index in [0.717, 1.165) is 5.57 Å². The van der Waals surface area contributed by atoms with E-state index in [9.17, 15) is 4.79 Å². The summed E-state index contributed by atoms with van der Waals surface area (Å²) in [7, 11) is 2.88. The predicted molar refractivity (Wildman–Crippen MR) is 66.2 cm³/mol. The molecule has 0 heterocycles. The van der Waals surface area contributed by atoms with Crippen LogP contribution in [0.2, 0.25) is 0 Å². The van der Waals surface area contributed by atoms with Crippen LogP contribution in [0, 0.1) is 5.41 Å². The maximum Gasteiger partial charge on any atom is 0.341 e. The van der Waals surface area contributed by atoms with Gasteiger partial charge in [-0.1, -0.05) is 26.3 Å². The van der Waals surface area contributed by atoms with Crippen molar-refractivity contribution in [3.8, 4) is 0 Å². The summed E-state index contributed by atoms with van der Waals surface area (Å²) in [4.78, 5) is 11.7. The van der Waals surface area contributed by atoms with Crippen LogP contribution < -0.4 is 5.73 Å². The van der Waals surface area contributed by atoms with Crippen molar-refractivity contribution in [3.05, 3.63) is 23.0 Å². The first kappa shape index (κ1) is 13.8. The number of carbonyl (C=O) groups excluding carboxylic acids is 1. The molecular weight excluding hydrogens is 218 g/mol. The predicted octanol–water partition coefficient (Wildman–Crippen LogP) is 1.76. The standard InChI is InChI=1S/C13H21NO3/c1-13(2,3)8-6-9(12(15)17-5)11(16-4)10(14)7-8/h6,10H,7,14H2,1-5H3. The molecule has 1 unspecified atom stereocenters. The van der Waals surface area contributed by atoms with Gasteiger partial charge in [-0.05, 0) is 17.9 Å². The summed E-state index contributed by atoms with van der Waals surface area (Å²) in [6.07, 6.45) is 2.54. The first-order valence-electron chi connectivity index (χ1n) is 5.64. The van der Waals surface area contributed by atoms with Gasteiger partial charge in [0.15, 0.2) is 0 Å². The number of nitrogens with two attached hydrogens (primary N) is 1. The fraction of sp³-hybridized carbons (Fsp3) is 0.615. The first-order chi connectivity index (χ1) is 7.81. The first-order valence-corrected chi connectivity index (χ1v) is 5.64. The summed E-state index contributed by atoms with van der Waals surface area (Å²) in [6, 6.07) is -0.284. The van der Waals surface area contributed by atoms with Crippen molar-refractivity contribution in [1.29, 1.82) is 0 Å². The quantitative estimate of drug-likeness (QED) is 0.746. The van der Waals surface area contributed by atoms with E-state index < -0.39 is 5.97 Å². The van der Waals surface area contributed by atoms with E-state index in [4.69, 9.17) is 15.2 Å². The molecule has 0 saturated heterocycles. The van der Waals surface area contributed by atoms with Crippen molar-refractivity contribution in [2.24, 2.45) is 11.1 Å². The Bertz CT molecular complexity index is 375. The molecule has 0 saturated carbocycles. The molecule has 4 nitrogen and oxygen atoms in total. The number of ether oxygens (including phenoxy) is 2. The lowest BCUT2D eigenvalue weighted by atomic mass is 9.78. The Morgan fingerprint density at radius 3 is 2.41 bits per heavy atom. The van der Waals surface area contributed by atoms with Crippen molar-refractivity contribution < 1.29 is 14.3 Å². The van der Waals surface area contributed by atoms with Gasteiger partial charge < -0.3 is 15.2 Å². The monoisotopic (exact) mass is 239 g/mol. The van der Waals surface area contributed by atoms with Gasteiger partial charge in [-0.2, -0.15) is 0 Å². The minimum atomic E-state index is -0.404. The minimum Gasteiger partial charge on any atom is -0.499 e.